The van der Waals surface area contributed by atoms with E-state index in [0.717, 1.165) is 11.1 Å². The number of ether oxygens (including phenoxy) is 3. The minimum Gasteiger partial charge on any atom is -0.493 e. The maximum atomic E-state index is 13.8. The molecule has 4 bridgehead atoms. The molecule has 3 amide bonds. The van der Waals surface area contributed by atoms with Crippen molar-refractivity contribution in [2.45, 2.75) is 38.0 Å². The number of nitrogens with zero attached hydrogens (tertiary/aromatic N) is 4. The standard InChI is InChI=1S/C33H34N6O6/c1-43-30-16-22-8-12-29(30)44-19-32(41)37-26-18-38(33(42)25-4-2-3-5-27(25)39-21-34-20-36-39)15-14-28(26)45-24-10-6-23(7-11-24)17-35-31(40)13-9-22/h2-8,10-12,16,20-21,26,28H,9,13-15,17-19H2,1H3,(H,35,40)(H,37,41)/t26-,28-/m1/s1. The molecule has 45 heavy (non-hydrogen) atoms. The molecule has 2 atom stereocenters. The first-order valence-corrected chi connectivity index (χ1v) is 14.8. The lowest BCUT2D eigenvalue weighted by atomic mass is 10.00. The Morgan fingerprint density at radius 1 is 1.00 bits per heavy atom. The second-order valence-corrected chi connectivity index (χ2v) is 10.9. The van der Waals surface area contributed by atoms with Crippen molar-refractivity contribution in [1.29, 1.82) is 0 Å². The van der Waals surface area contributed by atoms with Gasteiger partial charge in [0, 0.05) is 32.5 Å². The number of hydrogen-bond donors (Lipinski definition) is 2. The summed E-state index contributed by atoms with van der Waals surface area (Å²) in [5.41, 5.74) is 2.94. The molecular weight excluding hydrogens is 576 g/mol. The first-order valence-electron chi connectivity index (χ1n) is 14.8. The van der Waals surface area contributed by atoms with Crippen LogP contribution in [-0.2, 0) is 22.6 Å². The minimum atomic E-state index is -0.522. The van der Waals surface area contributed by atoms with Crippen molar-refractivity contribution in [2.24, 2.45) is 0 Å². The van der Waals surface area contributed by atoms with E-state index in [9.17, 15) is 14.4 Å². The Hall–Kier alpha value is -5.39. The summed E-state index contributed by atoms with van der Waals surface area (Å²) in [6.45, 7) is 0.776. The van der Waals surface area contributed by atoms with Gasteiger partial charge in [-0.05, 0) is 53.9 Å². The minimum absolute atomic E-state index is 0.0613. The predicted molar refractivity (Wildman–Crippen MR) is 163 cm³/mol. The number of likely N-dealkylation sites (tertiary alicyclic amines) is 1. The van der Waals surface area contributed by atoms with Crippen LogP contribution < -0.4 is 24.8 Å². The highest BCUT2D eigenvalue weighted by molar-refractivity contribution is 5.98. The second-order valence-electron chi connectivity index (χ2n) is 10.9. The summed E-state index contributed by atoms with van der Waals surface area (Å²) in [6, 6.07) is 19.6. The Labute approximate surface area is 260 Å². The summed E-state index contributed by atoms with van der Waals surface area (Å²) >= 11 is 0. The largest absolute Gasteiger partial charge is 0.493 e. The molecule has 6 heterocycles. The van der Waals surface area contributed by atoms with Gasteiger partial charge in [0.2, 0.25) is 5.91 Å². The van der Waals surface area contributed by atoms with Gasteiger partial charge < -0.3 is 29.7 Å². The number of para-hydroxylation sites is 1. The molecule has 4 aromatic rings. The summed E-state index contributed by atoms with van der Waals surface area (Å²) in [5, 5.41) is 10.2. The van der Waals surface area contributed by atoms with Gasteiger partial charge in [0.15, 0.2) is 18.1 Å². The SMILES string of the molecule is COc1cc2ccc1OCC(=O)N[C@@H]1CN(C(=O)c3ccccc3-n3cncn3)CC[C@H]1Oc1ccc(cc1)CNC(=O)CC2. The molecule has 0 spiro atoms. The van der Waals surface area contributed by atoms with Crippen LogP contribution >= 0.6 is 0 Å². The van der Waals surface area contributed by atoms with E-state index in [0.29, 0.717) is 60.9 Å². The van der Waals surface area contributed by atoms with Crippen molar-refractivity contribution in [2.75, 3.05) is 26.8 Å². The lowest BCUT2D eigenvalue weighted by molar-refractivity contribution is -0.125. The molecule has 0 aliphatic carbocycles. The lowest BCUT2D eigenvalue weighted by Crippen LogP contribution is -2.58. The third-order valence-electron chi connectivity index (χ3n) is 7.91. The first kappa shape index (κ1) is 29.7. The van der Waals surface area contributed by atoms with Gasteiger partial charge in [-0.15, -0.1) is 0 Å². The summed E-state index contributed by atoms with van der Waals surface area (Å²) < 4.78 is 19.3. The van der Waals surface area contributed by atoms with Gasteiger partial charge in [0.1, 0.15) is 24.5 Å². The smallest absolute Gasteiger partial charge is 0.258 e. The monoisotopic (exact) mass is 610 g/mol. The molecule has 0 radical (unpaired) electrons. The van der Waals surface area contributed by atoms with Gasteiger partial charge in [-0.1, -0.05) is 30.3 Å². The molecule has 1 saturated heterocycles. The van der Waals surface area contributed by atoms with Gasteiger partial charge in [-0.2, -0.15) is 5.10 Å². The van der Waals surface area contributed by atoms with Crippen LogP contribution in [0.1, 0.15) is 34.3 Å². The number of methoxy groups -OCH3 is 1. The van der Waals surface area contributed by atoms with Gasteiger partial charge in [-0.3, -0.25) is 14.4 Å². The molecule has 5 aliphatic rings. The van der Waals surface area contributed by atoms with Crippen LogP contribution in [0, 0.1) is 0 Å². The zero-order valence-electron chi connectivity index (χ0n) is 24.8. The van der Waals surface area contributed by atoms with Crippen LogP contribution in [0.4, 0.5) is 0 Å². The number of nitrogens with one attached hydrogen (secondary N) is 2. The maximum Gasteiger partial charge on any atom is 0.258 e. The molecular formula is C33H34N6O6. The molecule has 5 aliphatic heterocycles. The van der Waals surface area contributed by atoms with E-state index in [1.54, 1.807) is 34.1 Å². The van der Waals surface area contributed by atoms with Crippen molar-refractivity contribution in [3.05, 3.63) is 96.1 Å². The van der Waals surface area contributed by atoms with E-state index in [4.69, 9.17) is 14.2 Å². The van der Waals surface area contributed by atoms with Gasteiger partial charge >= 0.3 is 0 Å². The number of carbonyl (C=O) groups excluding carboxylic acids is 3. The number of amides is 3. The normalized spacial score (nSPS) is 19.0. The number of carbonyl (C=O) groups is 3. The third-order valence-corrected chi connectivity index (χ3v) is 7.91. The number of aromatic nitrogens is 3. The second kappa shape index (κ2) is 13.5. The molecule has 232 valence electrons. The topological polar surface area (TPSA) is 137 Å². The van der Waals surface area contributed by atoms with Crippen LogP contribution in [0.3, 0.4) is 0 Å². The average Bonchev–Trinajstić information content (AvgIpc) is 3.61. The van der Waals surface area contributed by atoms with Crippen LogP contribution in [0.2, 0.25) is 0 Å². The number of hydrogen-bond acceptors (Lipinski definition) is 8. The average molecular weight is 611 g/mol. The highest BCUT2D eigenvalue weighted by Gasteiger charge is 2.35. The molecule has 9 rings (SSSR count). The molecule has 12 nitrogen and oxygen atoms in total. The van der Waals surface area contributed by atoms with Crippen LogP contribution in [-0.4, -0.2) is 76.3 Å². The van der Waals surface area contributed by atoms with E-state index in [1.165, 1.54) is 13.4 Å². The highest BCUT2D eigenvalue weighted by Crippen LogP contribution is 2.29. The van der Waals surface area contributed by atoms with Crippen LogP contribution in [0.15, 0.2) is 79.4 Å². The number of benzene rings is 3. The van der Waals surface area contributed by atoms with E-state index in [-0.39, 0.29) is 30.9 Å². The molecule has 12 heteroatoms. The number of piperidine rings is 1. The Morgan fingerprint density at radius 3 is 2.62 bits per heavy atom. The third kappa shape index (κ3) is 7.06. The zero-order valence-corrected chi connectivity index (χ0v) is 24.8. The van der Waals surface area contributed by atoms with Crippen molar-refractivity contribution in [3.63, 3.8) is 0 Å². The molecule has 0 unspecified atom stereocenters. The highest BCUT2D eigenvalue weighted by atomic mass is 16.5. The van der Waals surface area contributed by atoms with Crippen molar-refractivity contribution < 1.29 is 28.6 Å². The summed E-state index contributed by atoms with van der Waals surface area (Å²) in [4.78, 5) is 45.3. The van der Waals surface area contributed by atoms with Gasteiger partial charge in [-0.25, -0.2) is 9.67 Å². The first-order chi connectivity index (χ1) is 22.0. The lowest BCUT2D eigenvalue weighted by Gasteiger charge is -2.39. The van der Waals surface area contributed by atoms with E-state index in [2.05, 4.69) is 20.7 Å². The maximum absolute atomic E-state index is 13.8. The number of aryl methyl sites for hydroxylation is 1. The fourth-order valence-corrected chi connectivity index (χ4v) is 5.54. The summed E-state index contributed by atoms with van der Waals surface area (Å²) in [5.74, 6) is 0.893. The van der Waals surface area contributed by atoms with Gasteiger partial charge in [0.25, 0.3) is 11.8 Å². The zero-order chi connectivity index (χ0) is 31.2. The van der Waals surface area contributed by atoms with Crippen molar-refractivity contribution >= 4 is 17.7 Å². The Balaban J connectivity index is 1.24. The fraction of sp³-hybridized carbons (Fsp3) is 0.303. The van der Waals surface area contributed by atoms with Crippen LogP contribution in [0.25, 0.3) is 5.69 Å². The molecule has 3 aromatic carbocycles. The Morgan fingerprint density at radius 2 is 1.82 bits per heavy atom. The van der Waals surface area contributed by atoms with Crippen LogP contribution in [0.5, 0.6) is 17.2 Å². The molecule has 0 saturated carbocycles. The summed E-state index contributed by atoms with van der Waals surface area (Å²) in [6.07, 6.45) is 3.88. The molecule has 2 N–H and O–H groups in total. The Kier molecular flexibility index (Phi) is 8.90. The quantitative estimate of drug-likeness (QED) is 0.362. The predicted octanol–water partition coefficient (Wildman–Crippen LogP) is 2.70. The Bertz CT molecular complexity index is 1660. The van der Waals surface area contributed by atoms with E-state index in [1.807, 2.05) is 48.5 Å². The van der Waals surface area contributed by atoms with Gasteiger partial charge in [0.05, 0.1) is 24.4 Å². The van der Waals surface area contributed by atoms with E-state index >= 15 is 0 Å². The van der Waals surface area contributed by atoms with E-state index < -0.39 is 12.1 Å². The molecule has 1 fully saturated rings. The number of rotatable bonds is 3. The fourth-order valence-electron chi connectivity index (χ4n) is 5.54. The molecule has 1 aromatic heterocycles. The van der Waals surface area contributed by atoms with Crippen molar-refractivity contribution in [3.8, 4) is 22.9 Å². The summed E-state index contributed by atoms with van der Waals surface area (Å²) in [7, 11) is 1.53. The van der Waals surface area contributed by atoms with Crippen molar-refractivity contribution in [1.82, 2.24) is 30.3 Å².